The molecule has 1 aliphatic rings. The zero-order valence-electron chi connectivity index (χ0n) is 7.85. The van der Waals surface area contributed by atoms with Gasteiger partial charge >= 0.3 is 0 Å². The monoisotopic (exact) mass is 193 g/mol. The predicted molar refractivity (Wildman–Crippen MR) is 42.7 cm³/mol. The van der Waals surface area contributed by atoms with Crippen molar-refractivity contribution in [2.24, 2.45) is 11.8 Å². The van der Waals surface area contributed by atoms with E-state index in [4.69, 9.17) is 10.4 Å². The van der Waals surface area contributed by atoms with Crippen molar-refractivity contribution < 1.29 is 19.6 Å². The van der Waals surface area contributed by atoms with Gasteiger partial charge in [-0.3, -0.25) is 10.4 Å². The van der Waals surface area contributed by atoms with E-state index < -0.39 is 17.7 Å². The molecular weight excluding hydrogens is 177 g/mol. The molecule has 1 saturated carbocycles. The maximum atomic E-state index is 13.2. The Bertz CT molecular complexity index is 165. The molecule has 0 aromatic carbocycles. The highest BCUT2D eigenvalue weighted by Gasteiger charge is 2.37. The first-order chi connectivity index (χ1) is 6.00. The van der Waals surface area contributed by atoms with Gasteiger partial charge in [0.1, 0.15) is 12.3 Å². The summed E-state index contributed by atoms with van der Waals surface area (Å²) in [5.41, 5.74) is 0. The minimum absolute atomic E-state index is 0.264. The topological polar surface area (TPSA) is 52.9 Å². The lowest BCUT2D eigenvalue weighted by Crippen LogP contribution is -2.27. The molecule has 78 valence electrons. The van der Waals surface area contributed by atoms with E-state index in [9.17, 15) is 4.39 Å². The standard InChI is InChI=1S/C8H16FNO3/c1-5(2)6-3-7(9)8(4-6)13-10(11)12/h5-8,11-12H,3-4H2,1-2H3. The van der Waals surface area contributed by atoms with Gasteiger partial charge in [-0.25, -0.2) is 9.23 Å². The fourth-order valence-electron chi connectivity index (χ4n) is 1.76. The summed E-state index contributed by atoms with van der Waals surface area (Å²) in [4.78, 5) is 4.47. The first-order valence-electron chi connectivity index (χ1n) is 4.49. The fraction of sp³-hybridized carbons (Fsp3) is 1.00. The van der Waals surface area contributed by atoms with Crippen molar-refractivity contribution >= 4 is 0 Å². The van der Waals surface area contributed by atoms with Crippen LogP contribution in [0.15, 0.2) is 0 Å². The molecular formula is C8H16FNO3. The largest absolute Gasteiger partial charge is 0.266 e. The van der Waals surface area contributed by atoms with Gasteiger partial charge in [0, 0.05) is 0 Å². The van der Waals surface area contributed by atoms with E-state index in [1.165, 1.54) is 0 Å². The molecule has 0 aliphatic heterocycles. The van der Waals surface area contributed by atoms with Crippen molar-refractivity contribution in [1.82, 2.24) is 5.39 Å². The number of hydrogen-bond acceptors (Lipinski definition) is 4. The van der Waals surface area contributed by atoms with Crippen LogP contribution in [0.1, 0.15) is 26.7 Å². The van der Waals surface area contributed by atoms with Crippen LogP contribution in [0.2, 0.25) is 0 Å². The summed E-state index contributed by atoms with van der Waals surface area (Å²) in [6.07, 6.45) is -0.844. The lowest BCUT2D eigenvalue weighted by Gasteiger charge is -2.15. The number of rotatable bonds is 3. The third-order valence-corrected chi connectivity index (χ3v) is 2.64. The van der Waals surface area contributed by atoms with Gasteiger partial charge in [0.15, 0.2) is 0 Å². The second kappa shape index (κ2) is 4.32. The van der Waals surface area contributed by atoms with Crippen LogP contribution in [-0.4, -0.2) is 28.1 Å². The highest BCUT2D eigenvalue weighted by Crippen LogP contribution is 2.35. The first kappa shape index (κ1) is 10.8. The Hall–Kier alpha value is -0.230. The smallest absolute Gasteiger partial charge is 0.129 e. The summed E-state index contributed by atoms with van der Waals surface area (Å²) in [6.45, 7) is 4.05. The highest BCUT2D eigenvalue weighted by atomic mass is 19.1. The number of hydrogen-bond donors (Lipinski definition) is 2. The van der Waals surface area contributed by atoms with E-state index in [1.807, 2.05) is 13.8 Å². The molecule has 0 aromatic heterocycles. The second-order valence-corrected chi connectivity index (χ2v) is 3.89. The van der Waals surface area contributed by atoms with E-state index in [2.05, 4.69) is 4.84 Å². The van der Waals surface area contributed by atoms with Gasteiger partial charge in [-0.05, 0) is 24.7 Å². The van der Waals surface area contributed by atoms with E-state index in [1.54, 1.807) is 0 Å². The molecule has 2 N–H and O–H groups in total. The van der Waals surface area contributed by atoms with Crippen LogP contribution in [0.3, 0.4) is 0 Å². The van der Waals surface area contributed by atoms with Gasteiger partial charge in [0.05, 0.1) is 5.39 Å². The predicted octanol–water partition coefficient (Wildman–Crippen LogP) is 1.77. The molecule has 0 aromatic rings. The third kappa shape index (κ3) is 2.87. The molecule has 0 saturated heterocycles. The highest BCUT2D eigenvalue weighted by molar-refractivity contribution is 4.85. The quantitative estimate of drug-likeness (QED) is 0.671. The molecule has 13 heavy (non-hydrogen) atoms. The lowest BCUT2D eigenvalue weighted by atomic mass is 9.94. The summed E-state index contributed by atoms with van der Waals surface area (Å²) in [5.74, 6) is 0.664. The minimum Gasteiger partial charge on any atom is -0.266 e. The second-order valence-electron chi connectivity index (χ2n) is 3.89. The summed E-state index contributed by atoms with van der Waals surface area (Å²) in [7, 11) is 0. The number of alkyl halides is 1. The van der Waals surface area contributed by atoms with Crippen LogP contribution in [0.25, 0.3) is 0 Å². The molecule has 0 heterocycles. The summed E-state index contributed by atoms with van der Waals surface area (Å²) >= 11 is 0. The van der Waals surface area contributed by atoms with Gasteiger partial charge < -0.3 is 0 Å². The maximum absolute atomic E-state index is 13.2. The Kier molecular flexibility index (Phi) is 3.61. The third-order valence-electron chi connectivity index (χ3n) is 2.64. The van der Waals surface area contributed by atoms with Gasteiger partial charge in [0.25, 0.3) is 0 Å². The fourth-order valence-corrected chi connectivity index (χ4v) is 1.76. The number of halogens is 1. The summed E-state index contributed by atoms with van der Waals surface area (Å²) in [5, 5.41) is 16.3. The zero-order chi connectivity index (χ0) is 10.0. The average Bonchev–Trinajstić information content (AvgIpc) is 2.31. The summed E-state index contributed by atoms with van der Waals surface area (Å²) in [6, 6.07) is 0. The normalized spacial score (nSPS) is 34.8. The molecule has 4 nitrogen and oxygen atoms in total. The van der Waals surface area contributed by atoms with Crippen LogP contribution in [0, 0.1) is 11.8 Å². The van der Waals surface area contributed by atoms with Gasteiger partial charge in [-0.15, -0.1) is 0 Å². The van der Waals surface area contributed by atoms with Crippen molar-refractivity contribution in [3.8, 4) is 0 Å². The van der Waals surface area contributed by atoms with Crippen molar-refractivity contribution in [3.63, 3.8) is 0 Å². The SMILES string of the molecule is CC(C)C1CC(F)C(ON(O)O)C1. The molecule has 0 bridgehead atoms. The van der Waals surface area contributed by atoms with E-state index in [0.29, 0.717) is 18.8 Å². The number of nitrogens with zero attached hydrogens (tertiary/aromatic N) is 1. The van der Waals surface area contributed by atoms with Crippen LogP contribution < -0.4 is 0 Å². The first-order valence-corrected chi connectivity index (χ1v) is 4.49. The molecule has 0 radical (unpaired) electrons. The van der Waals surface area contributed by atoms with Crippen molar-refractivity contribution in [2.75, 3.05) is 0 Å². The van der Waals surface area contributed by atoms with Crippen LogP contribution >= 0.6 is 0 Å². The summed E-state index contributed by atoms with van der Waals surface area (Å²) < 4.78 is 13.2. The van der Waals surface area contributed by atoms with Crippen molar-refractivity contribution in [1.29, 1.82) is 0 Å². The Morgan fingerprint density at radius 2 is 2.00 bits per heavy atom. The minimum atomic E-state index is -1.10. The van der Waals surface area contributed by atoms with Gasteiger partial charge in [-0.1, -0.05) is 13.8 Å². The van der Waals surface area contributed by atoms with Crippen molar-refractivity contribution in [3.05, 3.63) is 0 Å². The van der Waals surface area contributed by atoms with Crippen LogP contribution in [0.5, 0.6) is 0 Å². The molecule has 0 spiro atoms. The van der Waals surface area contributed by atoms with Crippen molar-refractivity contribution in [2.45, 2.75) is 39.0 Å². The van der Waals surface area contributed by atoms with Crippen LogP contribution in [0.4, 0.5) is 4.39 Å². The molecule has 5 heteroatoms. The van der Waals surface area contributed by atoms with E-state index in [0.717, 1.165) is 0 Å². The molecule has 3 unspecified atom stereocenters. The zero-order valence-corrected chi connectivity index (χ0v) is 7.85. The Balaban J connectivity index is 2.42. The molecule has 0 amide bonds. The Morgan fingerprint density at radius 1 is 1.38 bits per heavy atom. The van der Waals surface area contributed by atoms with Gasteiger partial charge in [0.2, 0.25) is 0 Å². The molecule has 3 atom stereocenters. The Labute approximate surface area is 76.8 Å². The van der Waals surface area contributed by atoms with Crippen LogP contribution in [-0.2, 0) is 4.84 Å². The average molecular weight is 193 g/mol. The van der Waals surface area contributed by atoms with E-state index in [-0.39, 0.29) is 5.92 Å². The maximum Gasteiger partial charge on any atom is 0.129 e. The molecule has 1 fully saturated rings. The van der Waals surface area contributed by atoms with Gasteiger partial charge in [-0.2, -0.15) is 0 Å². The van der Waals surface area contributed by atoms with E-state index >= 15 is 0 Å². The molecule has 1 rings (SSSR count). The molecule has 1 aliphatic carbocycles. The Morgan fingerprint density at radius 3 is 2.38 bits per heavy atom. The lowest BCUT2D eigenvalue weighted by molar-refractivity contribution is -0.506.